The fourth-order valence-electron chi connectivity index (χ4n) is 5.89. The van der Waals surface area contributed by atoms with E-state index in [2.05, 4.69) is 5.32 Å². The Bertz CT molecular complexity index is 691. The number of hydrogen-bond acceptors (Lipinski definition) is 4. The van der Waals surface area contributed by atoms with Crippen molar-refractivity contribution in [3.05, 3.63) is 29.3 Å². The quantitative estimate of drug-likeness (QED) is 0.821. The molecule has 4 bridgehead atoms. The Morgan fingerprint density at radius 1 is 1.08 bits per heavy atom. The highest BCUT2D eigenvalue weighted by Crippen LogP contribution is 2.60. The zero-order valence-corrected chi connectivity index (χ0v) is 15.5. The van der Waals surface area contributed by atoms with Crippen molar-refractivity contribution in [2.24, 2.45) is 23.2 Å². The Balaban J connectivity index is 1.46. The SMILES string of the molecule is COC(=O)c1cc(CNC(=O)C23CC4CC(CC(C4)C2)C3)ccc1OC. The number of nitrogens with one attached hydrogen (secondary N) is 1. The molecule has 0 heterocycles. The highest BCUT2D eigenvalue weighted by molar-refractivity contribution is 5.92. The number of benzene rings is 1. The standard InChI is InChI=1S/C21H27NO4/c1-25-18-4-3-13(8-17(18)19(23)26-2)12-22-20(24)21-9-14-5-15(10-21)7-16(6-14)11-21/h3-4,8,14-16H,5-7,9-12H2,1-2H3,(H,22,24). The van der Waals surface area contributed by atoms with E-state index in [0.717, 1.165) is 42.6 Å². The lowest BCUT2D eigenvalue weighted by Crippen LogP contribution is -2.53. The van der Waals surface area contributed by atoms with E-state index >= 15 is 0 Å². The second-order valence-electron chi connectivity index (χ2n) is 8.41. The highest BCUT2D eigenvalue weighted by atomic mass is 16.5. The van der Waals surface area contributed by atoms with Crippen molar-refractivity contribution in [3.63, 3.8) is 0 Å². The first-order valence-electron chi connectivity index (χ1n) is 9.56. The minimum absolute atomic E-state index is 0.146. The van der Waals surface area contributed by atoms with E-state index in [-0.39, 0.29) is 11.3 Å². The van der Waals surface area contributed by atoms with Gasteiger partial charge in [-0.15, -0.1) is 0 Å². The van der Waals surface area contributed by atoms with E-state index in [4.69, 9.17) is 9.47 Å². The fraction of sp³-hybridized carbons (Fsp3) is 0.619. The van der Waals surface area contributed by atoms with E-state index in [0.29, 0.717) is 17.9 Å². The molecule has 4 aliphatic carbocycles. The van der Waals surface area contributed by atoms with Crippen LogP contribution in [0.3, 0.4) is 0 Å². The zero-order chi connectivity index (χ0) is 18.3. The molecule has 0 aliphatic heterocycles. The maximum absolute atomic E-state index is 13.0. The average molecular weight is 357 g/mol. The molecule has 4 aliphatic rings. The van der Waals surface area contributed by atoms with Crippen LogP contribution in [0.4, 0.5) is 0 Å². The first-order chi connectivity index (χ1) is 12.5. The first kappa shape index (κ1) is 17.4. The lowest BCUT2D eigenvalue weighted by atomic mass is 9.49. The number of carbonyl (C=O) groups is 2. The van der Waals surface area contributed by atoms with Crippen LogP contribution in [0.1, 0.15) is 54.4 Å². The lowest BCUT2D eigenvalue weighted by molar-refractivity contribution is -0.146. The average Bonchev–Trinajstić information content (AvgIpc) is 2.64. The van der Waals surface area contributed by atoms with Crippen LogP contribution in [0.5, 0.6) is 5.75 Å². The number of hydrogen-bond donors (Lipinski definition) is 1. The van der Waals surface area contributed by atoms with Gasteiger partial charge in [-0.25, -0.2) is 4.79 Å². The van der Waals surface area contributed by atoms with Crippen molar-refractivity contribution in [2.45, 2.75) is 45.1 Å². The molecule has 0 saturated heterocycles. The second-order valence-corrected chi connectivity index (χ2v) is 8.41. The number of methoxy groups -OCH3 is 2. The Morgan fingerprint density at radius 2 is 1.69 bits per heavy atom. The van der Waals surface area contributed by atoms with Gasteiger partial charge in [-0.3, -0.25) is 4.79 Å². The summed E-state index contributed by atoms with van der Waals surface area (Å²) in [6.45, 7) is 0.425. The summed E-state index contributed by atoms with van der Waals surface area (Å²) in [7, 11) is 2.87. The molecule has 1 N–H and O–H groups in total. The van der Waals surface area contributed by atoms with Gasteiger partial charge in [0.05, 0.1) is 14.2 Å². The van der Waals surface area contributed by atoms with Gasteiger partial charge in [-0.1, -0.05) is 6.07 Å². The van der Waals surface area contributed by atoms with Crippen LogP contribution in [0.25, 0.3) is 0 Å². The molecule has 5 heteroatoms. The minimum atomic E-state index is -0.434. The van der Waals surface area contributed by atoms with Crippen molar-refractivity contribution < 1.29 is 19.1 Å². The fourth-order valence-corrected chi connectivity index (χ4v) is 5.89. The minimum Gasteiger partial charge on any atom is -0.496 e. The normalized spacial score (nSPS) is 31.5. The predicted octanol–water partition coefficient (Wildman–Crippen LogP) is 3.31. The van der Waals surface area contributed by atoms with Crippen LogP contribution in [0.2, 0.25) is 0 Å². The molecule has 0 aromatic heterocycles. The summed E-state index contributed by atoms with van der Waals surface area (Å²) in [5, 5.41) is 3.15. The van der Waals surface area contributed by atoms with E-state index in [1.807, 2.05) is 6.07 Å². The molecule has 0 spiro atoms. The summed E-state index contributed by atoms with van der Waals surface area (Å²) in [4.78, 5) is 25.0. The Morgan fingerprint density at radius 3 is 2.23 bits per heavy atom. The molecule has 0 atom stereocenters. The third kappa shape index (κ3) is 2.97. The summed E-state index contributed by atoms with van der Waals surface area (Å²) in [5.74, 6) is 2.49. The van der Waals surface area contributed by atoms with Crippen molar-refractivity contribution in [2.75, 3.05) is 14.2 Å². The van der Waals surface area contributed by atoms with Gasteiger partial charge in [-0.2, -0.15) is 0 Å². The molecular formula is C21H27NO4. The van der Waals surface area contributed by atoms with Gasteiger partial charge in [0.25, 0.3) is 0 Å². The van der Waals surface area contributed by atoms with Crippen LogP contribution >= 0.6 is 0 Å². The topological polar surface area (TPSA) is 64.6 Å². The predicted molar refractivity (Wildman–Crippen MR) is 96.8 cm³/mol. The van der Waals surface area contributed by atoms with E-state index in [1.54, 1.807) is 12.1 Å². The maximum atomic E-state index is 13.0. The third-order valence-electron chi connectivity index (χ3n) is 6.64. The van der Waals surface area contributed by atoms with Crippen LogP contribution in [-0.2, 0) is 16.1 Å². The molecule has 4 saturated carbocycles. The molecule has 140 valence electrons. The number of rotatable bonds is 5. The third-order valence-corrected chi connectivity index (χ3v) is 6.64. The molecule has 5 nitrogen and oxygen atoms in total. The van der Waals surface area contributed by atoms with Gasteiger partial charge in [0.15, 0.2) is 0 Å². The lowest BCUT2D eigenvalue weighted by Gasteiger charge is -2.55. The number of ether oxygens (including phenoxy) is 2. The van der Waals surface area contributed by atoms with Gasteiger partial charge < -0.3 is 14.8 Å². The molecule has 4 fully saturated rings. The summed E-state index contributed by atoms with van der Waals surface area (Å²) in [6.07, 6.45) is 7.15. The van der Waals surface area contributed by atoms with E-state index in [9.17, 15) is 9.59 Å². The van der Waals surface area contributed by atoms with Crippen LogP contribution in [0.15, 0.2) is 18.2 Å². The van der Waals surface area contributed by atoms with Crippen LogP contribution in [0, 0.1) is 23.2 Å². The number of carbonyl (C=O) groups excluding carboxylic acids is 2. The maximum Gasteiger partial charge on any atom is 0.341 e. The van der Waals surface area contributed by atoms with Crippen molar-refractivity contribution in [1.29, 1.82) is 0 Å². The molecule has 1 aromatic carbocycles. The summed E-state index contributed by atoms with van der Waals surface area (Å²) < 4.78 is 10.0. The summed E-state index contributed by atoms with van der Waals surface area (Å²) >= 11 is 0. The molecule has 1 aromatic rings. The van der Waals surface area contributed by atoms with Gasteiger partial charge in [0, 0.05) is 12.0 Å². The van der Waals surface area contributed by atoms with Gasteiger partial charge in [0.1, 0.15) is 11.3 Å². The number of amides is 1. The highest BCUT2D eigenvalue weighted by Gasteiger charge is 2.54. The van der Waals surface area contributed by atoms with Crippen molar-refractivity contribution >= 4 is 11.9 Å². The molecule has 5 rings (SSSR count). The van der Waals surface area contributed by atoms with E-state index < -0.39 is 5.97 Å². The van der Waals surface area contributed by atoms with Gasteiger partial charge in [-0.05, 0) is 74.0 Å². The number of esters is 1. The van der Waals surface area contributed by atoms with Crippen molar-refractivity contribution in [1.82, 2.24) is 5.32 Å². The van der Waals surface area contributed by atoms with Crippen molar-refractivity contribution in [3.8, 4) is 5.75 Å². The zero-order valence-electron chi connectivity index (χ0n) is 15.5. The molecular weight excluding hydrogens is 330 g/mol. The molecule has 0 unspecified atom stereocenters. The Labute approximate surface area is 154 Å². The Kier molecular flexibility index (Phi) is 4.41. The van der Waals surface area contributed by atoms with Crippen LogP contribution in [-0.4, -0.2) is 26.1 Å². The smallest absolute Gasteiger partial charge is 0.341 e. The first-order valence-corrected chi connectivity index (χ1v) is 9.56. The molecule has 1 amide bonds. The van der Waals surface area contributed by atoms with Gasteiger partial charge >= 0.3 is 5.97 Å². The summed E-state index contributed by atoms with van der Waals surface area (Å²) in [5.41, 5.74) is 1.12. The van der Waals surface area contributed by atoms with Gasteiger partial charge in [0.2, 0.25) is 5.91 Å². The monoisotopic (exact) mass is 357 g/mol. The molecule has 26 heavy (non-hydrogen) atoms. The Hall–Kier alpha value is -2.04. The summed E-state index contributed by atoms with van der Waals surface area (Å²) in [6, 6.07) is 5.37. The van der Waals surface area contributed by atoms with Crippen LogP contribution < -0.4 is 10.1 Å². The second kappa shape index (κ2) is 6.60. The van der Waals surface area contributed by atoms with E-state index in [1.165, 1.54) is 33.5 Å². The largest absolute Gasteiger partial charge is 0.496 e. The molecule has 0 radical (unpaired) electrons.